The van der Waals surface area contributed by atoms with Gasteiger partial charge in [-0.25, -0.2) is 14.6 Å². The fraction of sp³-hybridized carbons (Fsp3) is 0.167. The third-order valence-electron chi connectivity index (χ3n) is 5.24. The number of aliphatic hydroxyl groups is 1. The standard InChI is InChI=1S/C24H22N6O2/c1-14-11-26-24(32-14)18-9-16(21-7-4-6-20(29-21)15(2)25)10-22-19(18)12-27-30(22)23-8-3-5-17(13-31)28-23/h3-12,15,31H,13,25H2,1-2H3. The van der Waals surface area contributed by atoms with Crippen molar-refractivity contribution in [1.29, 1.82) is 0 Å². The maximum absolute atomic E-state index is 9.50. The first kappa shape index (κ1) is 20.0. The second kappa shape index (κ2) is 7.99. The predicted octanol–water partition coefficient (Wildman–Crippen LogP) is 3.96. The Hall–Kier alpha value is -3.88. The number of aryl methyl sites for hydroxylation is 1. The SMILES string of the molecule is Cc1cnc(-c2cc(-c3cccc(C(C)N)n3)cc3c2cnn3-c2cccc(CO)n2)o1. The summed E-state index contributed by atoms with van der Waals surface area (Å²) in [5.74, 6) is 1.84. The molecule has 5 rings (SSSR count). The molecule has 0 aliphatic carbocycles. The van der Waals surface area contributed by atoms with Crippen LogP contribution in [0.4, 0.5) is 0 Å². The summed E-state index contributed by atoms with van der Waals surface area (Å²) in [6.45, 7) is 3.62. The van der Waals surface area contributed by atoms with E-state index in [2.05, 4.69) is 15.1 Å². The van der Waals surface area contributed by atoms with Crippen LogP contribution in [0.2, 0.25) is 0 Å². The molecule has 0 saturated heterocycles. The number of rotatable bonds is 5. The Morgan fingerprint density at radius 1 is 1.09 bits per heavy atom. The van der Waals surface area contributed by atoms with Crippen LogP contribution in [-0.4, -0.2) is 29.8 Å². The van der Waals surface area contributed by atoms with Crippen molar-refractivity contribution in [2.75, 3.05) is 0 Å². The van der Waals surface area contributed by atoms with Crippen LogP contribution in [0.1, 0.15) is 30.1 Å². The van der Waals surface area contributed by atoms with Gasteiger partial charge in [-0.2, -0.15) is 5.10 Å². The largest absolute Gasteiger partial charge is 0.441 e. The summed E-state index contributed by atoms with van der Waals surface area (Å²) in [6, 6.07) is 15.1. The molecule has 1 atom stereocenters. The lowest BCUT2D eigenvalue weighted by atomic mass is 10.0. The van der Waals surface area contributed by atoms with Crippen molar-refractivity contribution >= 4 is 10.9 Å². The lowest BCUT2D eigenvalue weighted by Gasteiger charge is -2.10. The van der Waals surface area contributed by atoms with Gasteiger partial charge in [0.15, 0.2) is 5.82 Å². The molecule has 0 bridgehead atoms. The fourth-order valence-corrected chi connectivity index (χ4v) is 3.65. The Balaban J connectivity index is 1.77. The Morgan fingerprint density at radius 2 is 1.94 bits per heavy atom. The highest BCUT2D eigenvalue weighted by Gasteiger charge is 2.18. The van der Waals surface area contributed by atoms with Crippen molar-refractivity contribution in [1.82, 2.24) is 24.7 Å². The second-order valence-corrected chi connectivity index (χ2v) is 7.67. The minimum absolute atomic E-state index is 0.146. The highest BCUT2D eigenvalue weighted by atomic mass is 16.4. The average molecular weight is 426 g/mol. The van der Waals surface area contributed by atoms with Gasteiger partial charge in [0.1, 0.15) is 5.76 Å². The van der Waals surface area contributed by atoms with Crippen LogP contribution in [0.15, 0.2) is 65.3 Å². The first-order valence-corrected chi connectivity index (χ1v) is 10.3. The molecule has 3 N–H and O–H groups in total. The molecule has 0 saturated carbocycles. The second-order valence-electron chi connectivity index (χ2n) is 7.67. The number of benzene rings is 1. The van der Waals surface area contributed by atoms with Crippen LogP contribution in [-0.2, 0) is 6.61 Å². The van der Waals surface area contributed by atoms with Crippen molar-refractivity contribution in [3.05, 3.63) is 78.1 Å². The zero-order valence-corrected chi connectivity index (χ0v) is 17.7. The third-order valence-corrected chi connectivity index (χ3v) is 5.24. The van der Waals surface area contributed by atoms with Crippen molar-refractivity contribution in [3.63, 3.8) is 0 Å². The van der Waals surface area contributed by atoms with Gasteiger partial charge in [0, 0.05) is 22.6 Å². The van der Waals surface area contributed by atoms with E-state index in [1.54, 1.807) is 23.1 Å². The molecule has 0 radical (unpaired) electrons. The Kier molecular flexibility index (Phi) is 5.01. The summed E-state index contributed by atoms with van der Waals surface area (Å²) < 4.78 is 7.59. The number of nitrogens with two attached hydrogens (primary N) is 1. The summed E-state index contributed by atoms with van der Waals surface area (Å²) >= 11 is 0. The molecule has 8 heteroatoms. The van der Waals surface area contributed by atoms with Crippen LogP contribution in [0, 0.1) is 6.92 Å². The van der Waals surface area contributed by atoms with Crippen LogP contribution in [0.5, 0.6) is 0 Å². The third kappa shape index (κ3) is 3.55. The molecular weight excluding hydrogens is 404 g/mol. The first-order valence-electron chi connectivity index (χ1n) is 10.3. The number of oxazole rings is 1. The molecule has 4 aromatic heterocycles. The van der Waals surface area contributed by atoms with Crippen molar-refractivity contribution < 1.29 is 9.52 Å². The van der Waals surface area contributed by atoms with E-state index in [0.717, 1.165) is 39.2 Å². The van der Waals surface area contributed by atoms with E-state index >= 15 is 0 Å². The Morgan fingerprint density at radius 3 is 2.69 bits per heavy atom. The minimum atomic E-state index is -0.177. The minimum Gasteiger partial charge on any atom is -0.441 e. The fourth-order valence-electron chi connectivity index (χ4n) is 3.65. The molecule has 160 valence electrons. The van der Waals surface area contributed by atoms with Gasteiger partial charge in [-0.15, -0.1) is 0 Å². The first-order chi connectivity index (χ1) is 15.5. The maximum Gasteiger partial charge on any atom is 0.226 e. The molecule has 5 aromatic rings. The summed E-state index contributed by atoms with van der Waals surface area (Å²) in [7, 11) is 0. The van der Waals surface area contributed by atoms with E-state index in [4.69, 9.17) is 15.1 Å². The number of fused-ring (bicyclic) bond motifs is 1. The molecule has 32 heavy (non-hydrogen) atoms. The molecule has 0 amide bonds. The van der Waals surface area contributed by atoms with Crippen LogP contribution >= 0.6 is 0 Å². The topological polar surface area (TPSA) is 116 Å². The smallest absolute Gasteiger partial charge is 0.226 e. The number of aliphatic hydroxyl groups excluding tert-OH is 1. The van der Waals surface area contributed by atoms with E-state index in [-0.39, 0.29) is 12.6 Å². The molecule has 8 nitrogen and oxygen atoms in total. The molecule has 1 aromatic carbocycles. The molecule has 0 aliphatic rings. The van der Waals surface area contributed by atoms with Gasteiger partial charge in [-0.1, -0.05) is 12.1 Å². The van der Waals surface area contributed by atoms with Gasteiger partial charge in [0.2, 0.25) is 5.89 Å². The zero-order valence-electron chi connectivity index (χ0n) is 17.7. The summed E-state index contributed by atoms with van der Waals surface area (Å²) in [4.78, 5) is 13.7. The van der Waals surface area contributed by atoms with E-state index < -0.39 is 0 Å². The van der Waals surface area contributed by atoms with Crippen LogP contribution in [0.25, 0.3) is 39.4 Å². The van der Waals surface area contributed by atoms with Crippen LogP contribution < -0.4 is 5.73 Å². The molecule has 0 fully saturated rings. The lowest BCUT2D eigenvalue weighted by molar-refractivity contribution is 0.276. The Labute approximate surface area is 184 Å². The molecule has 0 spiro atoms. The van der Waals surface area contributed by atoms with E-state index in [1.165, 1.54) is 0 Å². The number of hydrogen-bond donors (Lipinski definition) is 2. The van der Waals surface area contributed by atoms with Crippen molar-refractivity contribution in [2.24, 2.45) is 5.73 Å². The summed E-state index contributed by atoms with van der Waals surface area (Å²) in [5, 5.41) is 14.9. The summed E-state index contributed by atoms with van der Waals surface area (Å²) in [5.41, 5.74) is 10.7. The highest BCUT2D eigenvalue weighted by Crippen LogP contribution is 2.34. The monoisotopic (exact) mass is 426 g/mol. The number of aromatic nitrogens is 5. The zero-order chi connectivity index (χ0) is 22.2. The van der Waals surface area contributed by atoms with Crippen molar-refractivity contribution in [2.45, 2.75) is 26.5 Å². The van der Waals surface area contributed by atoms with E-state index in [1.807, 2.05) is 56.3 Å². The Bertz CT molecular complexity index is 1420. The summed E-state index contributed by atoms with van der Waals surface area (Å²) in [6.07, 6.45) is 3.46. The molecule has 0 aliphatic heterocycles. The number of hydrogen-bond acceptors (Lipinski definition) is 7. The van der Waals surface area contributed by atoms with Gasteiger partial charge in [-0.05, 0) is 50.2 Å². The maximum atomic E-state index is 9.50. The van der Waals surface area contributed by atoms with Crippen molar-refractivity contribution in [3.8, 4) is 28.5 Å². The normalized spacial score (nSPS) is 12.4. The van der Waals surface area contributed by atoms with Gasteiger partial charge in [0.05, 0.1) is 41.6 Å². The average Bonchev–Trinajstić information content (AvgIpc) is 3.45. The number of nitrogens with zero attached hydrogens (tertiary/aromatic N) is 5. The predicted molar refractivity (Wildman–Crippen MR) is 121 cm³/mol. The molecular formula is C24H22N6O2. The highest BCUT2D eigenvalue weighted by molar-refractivity contribution is 5.96. The van der Waals surface area contributed by atoms with Gasteiger partial charge >= 0.3 is 0 Å². The van der Waals surface area contributed by atoms with Gasteiger partial charge in [0.25, 0.3) is 0 Å². The molecule has 1 unspecified atom stereocenters. The number of pyridine rings is 2. The molecule has 4 heterocycles. The van der Waals surface area contributed by atoms with Gasteiger partial charge in [-0.3, -0.25) is 4.98 Å². The van der Waals surface area contributed by atoms with E-state index in [0.29, 0.717) is 17.4 Å². The lowest BCUT2D eigenvalue weighted by Crippen LogP contribution is -2.07. The quantitative estimate of drug-likeness (QED) is 0.437. The van der Waals surface area contributed by atoms with E-state index in [9.17, 15) is 5.11 Å². The van der Waals surface area contributed by atoms with Crippen LogP contribution in [0.3, 0.4) is 0 Å². The van der Waals surface area contributed by atoms with Gasteiger partial charge < -0.3 is 15.3 Å².